The fourth-order valence-corrected chi connectivity index (χ4v) is 8.12. The Labute approximate surface area is 343 Å². The average molecular weight is 837 g/mol. The van der Waals surface area contributed by atoms with E-state index >= 15 is 0 Å². The molecule has 0 saturated heterocycles. The van der Waals surface area contributed by atoms with Crippen molar-refractivity contribution in [1.82, 2.24) is 10.6 Å². The molecule has 0 bridgehead atoms. The second-order valence-corrected chi connectivity index (χ2v) is 16.4. The van der Waals surface area contributed by atoms with Crippen molar-refractivity contribution in [3.8, 4) is 0 Å². The van der Waals surface area contributed by atoms with Crippen LogP contribution in [-0.4, -0.2) is 149 Å². The SMILES string of the molecule is CCC(CC)(CC(C)(CC(C)(CC(C)(CC(C)(CC(C)C(=O)OC)C(=O)OCCO)C(=O)OCC(O)CNC)C(=O)OCCO)C(=O)OCC(O)CNC)C(=O)OC. The van der Waals surface area contributed by atoms with E-state index in [4.69, 9.17) is 28.4 Å². The molecule has 6 N–H and O–H groups in total. The largest absolute Gasteiger partial charge is 0.469 e. The van der Waals surface area contributed by atoms with Gasteiger partial charge in [-0.25, -0.2) is 0 Å². The molecule has 0 radical (unpaired) electrons. The summed E-state index contributed by atoms with van der Waals surface area (Å²) < 4.78 is 32.2. The number of aliphatic hydroxyl groups is 4. The second-order valence-electron chi connectivity index (χ2n) is 16.4. The van der Waals surface area contributed by atoms with Crippen LogP contribution in [0.3, 0.4) is 0 Å². The Morgan fingerprint density at radius 2 is 0.931 bits per heavy atom. The molecule has 0 heterocycles. The van der Waals surface area contributed by atoms with E-state index in [-0.39, 0.29) is 38.8 Å². The van der Waals surface area contributed by atoms with Crippen molar-refractivity contribution in [2.24, 2.45) is 33.0 Å². The van der Waals surface area contributed by atoms with Crippen molar-refractivity contribution in [3.63, 3.8) is 0 Å². The lowest BCUT2D eigenvalue weighted by molar-refractivity contribution is -0.177. The Hall–Kier alpha value is -3.42. The van der Waals surface area contributed by atoms with Gasteiger partial charge in [-0.3, -0.25) is 28.8 Å². The van der Waals surface area contributed by atoms with Gasteiger partial charge < -0.3 is 59.5 Å². The highest BCUT2D eigenvalue weighted by molar-refractivity contribution is 5.85. The second kappa shape index (κ2) is 25.3. The average Bonchev–Trinajstić information content (AvgIpc) is 3.18. The minimum absolute atomic E-state index is 0.0529. The number of likely N-dealkylation sites (N-methyl/N-ethyl adjacent to an activating group) is 2. The van der Waals surface area contributed by atoms with Gasteiger partial charge in [0.1, 0.15) is 38.6 Å². The van der Waals surface area contributed by atoms with Crippen LogP contribution in [0.4, 0.5) is 0 Å². The monoisotopic (exact) mass is 836 g/mol. The lowest BCUT2D eigenvalue weighted by atomic mass is 9.58. The van der Waals surface area contributed by atoms with Crippen LogP contribution >= 0.6 is 0 Å². The van der Waals surface area contributed by atoms with Crippen LogP contribution in [0, 0.1) is 33.0 Å². The van der Waals surface area contributed by atoms with E-state index in [9.17, 15) is 49.2 Å². The van der Waals surface area contributed by atoms with Crippen molar-refractivity contribution in [1.29, 1.82) is 0 Å². The fraction of sp³-hybridized carbons (Fsp3) is 0.850. The van der Waals surface area contributed by atoms with Gasteiger partial charge in [0.25, 0.3) is 0 Å². The smallest absolute Gasteiger partial charge is 0.311 e. The minimum Gasteiger partial charge on any atom is -0.469 e. The Balaban J connectivity index is 7.94. The van der Waals surface area contributed by atoms with Crippen LogP contribution in [0.25, 0.3) is 0 Å². The highest BCUT2D eigenvalue weighted by Crippen LogP contribution is 2.53. The quantitative estimate of drug-likeness (QED) is 0.0437. The van der Waals surface area contributed by atoms with E-state index in [0.717, 1.165) is 0 Å². The Morgan fingerprint density at radius 3 is 1.28 bits per heavy atom. The van der Waals surface area contributed by atoms with E-state index in [2.05, 4.69) is 10.6 Å². The molecule has 0 aromatic heterocycles. The van der Waals surface area contributed by atoms with E-state index in [1.165, 1.54) is 48.8 Å². The zero-order valence-corrected chi connectivity index (χ0v) is 36.5. The Bertz CT molecular complexity index is 1330. The Morgan fingerprint density at radius 1 is 0.569 bits per heavy atom. The molecule has 18 nitrogen and oxygen atoms in total. The molecule has 0 aliphatic carbocycles. The molecule has 0 aliphatic rings. The first-order chi connectivity index (χ1) is 27.0. The Kier molecular flexibility index (Phi) is 23.8. The van der Waals surface area contributed by atoms with E-state index in [1.807, 2.05) is 0 Å². The van der Waals surface area contributed by atoms with E-state index in [1.54, 1.807) is 27.9 Å². The predicted octanol–water partition coefficient (Wildman–Crippen LogP) is 1.07. The van der Waals surface area contributed by atoms with Crippen molar-refractivity contribution in [3.05, 3.63) is 0 Å². The topological polar surface area (TPSA) is 263 Å². The van der Waals surface area contributed by atoms with Crippen LogP contribution in [0.15, 0.2) is 0 Å². The molecule has 58 heavy (non-hydrogen) atoms. The van der Waals surface area contributed by atoms with Crippen molar-refractivity contribution < 1.29 is 77.6 Å². The maximum Gasteiger partial charge on any atom is 0.311 e. The lowest BCUT2D eigenvalue weighted by Crippen LogP contribution is -2.50. The zero-order valence-electron chi connectivity index (χ0n) is 36.5. The van der Waals surface area contributed by atoms with Gasteiger partial charge in [-0.15, -0.1) is 0 Å². The summed E-state index contributed by atoms with van der Waals surface area (Å²) in [6, 6.07) is 0. The molecule has 0 spiro atoms. The molecule has 0 aliphatic heterocycles. The highest BCUT2D eigenvalue weighted by atomic mass is 16.6. The van der Waals surface area contributed by atoms with Crippen molar-refractivity contribution >= 4 is 35.8 Å². The van der Waals surface area contributed by atoms with Gasteiger partial charge >= 0.3 is 35.8 Å². The molecule has 0 amide bonds. The number of methoxy groups -OCH3 is 2. The van der Waals surface area contributed by atoms with E-state index in [0.29, 0.717) is 0 Å². The first kappa shape index (κ1) is 54.6. The standard InChI is InChI=1S/C40H72N2O16/c1-12-40(13-2,35(52)54-11)26-39(7,34(51)58-22-29(46)20-42-9)25-38(6,32(49)56-17-15-44)24-37(5,33(50)57-21-28(45)19-41-8)23-36(4,31(48)55-16-14-43)18-27(3)30(47)53-10/h27-29,41-46H,12-26H2,1-11H3. The predicted molar refractivity (Wildman–Crippen MR) is 210 cm³/mol. The molecule has 338 valence electrons. The molecule has 0 aromatic rings. The number of rotatable bonds is 30. The van der Waals surface area contributed by atoms with Gasteiger partial charge in [0.15, 0.2) is 0 Å². The van der Waals surface area contributed by atoms with Crippen LogP contribution < -0.4 is 10.6 Å². The summed E-state index contributed by atoms with van der Waals surface area (Å²) in [5.41, 5.74) is -8.38. The molecule has 7 unspecified atom stereocenters. The number of carbonyl (C=O) groups is 6. The number of carbonyl (C=O) groups excluding carboxylic acids is 6. The van der Waals surface area contributed by atoms with Gasteiger partial charge in [0.2, 0.25) is 0 Å². The summed E-state index contributed by atoms with van der Waals surface area (Å²) in [6.07, 6.45) is -3.58. The number of hydrogen-bond acceptors (Lipinski definition) is 18. The minimum atomic E-state index is -1.86. The lowest BCUT2D eigenvalue weighted by Gasteiger charge is -2.45. The summed E-state index contributed by atoms with van der Waals surface area (Å²) in [5, 5.41) is 45.6. The molecular formula is C40H72N2O16. The van der Waals surface area contributed by atoms with Crippen LogP contribution in [0.2, 0.25) is 0 Å². The summed E-state index contributed by atoms with van der Waals surface area (Å²) in [5.74, 6) is -5.83. The van der Waals surface area contributed by atoms with Crippen molar-refractivity contribution in [2.45, 2.75) is 106 Å². The number of hydrogen-bond donors (Lipinski definition) is 6. The third kappa shape index (κ3) is 16.0. The highest BCUT2D eigenvalue weighted by Gasteiger charge is 2.57. The number of esters is 6. The normalized spacial score (nSPS) is 17.4. The summed E-state index contributed by atoms with van der Waals surface area (Å²) >= 11 is 0. The van der Waals surface area contributed by atoms with Crippen LogP contribution in [-0.2, 0) is 57.2 Å². The van der Waals surface area contributed by atoms with E-state index < -0.39 is 140 Å². The first-order valence-electron chi connectivity index (χ1n) is 19.7. The number of ether oxygens (including phenoxy) is 6. The molecule has 7 atom stereocenters. The molecule has 0 aromatic carbocycles. The van der Waals surface area contributed by atoms with Gasteiger partial charge in [-0.2, -0.15) is 0 Å². The maximum atomic E-state index is 14.5. The number of nitrogens with one attached hydrogen (secondary N) is 2. The van der Waals surface area contributed by atoms with Gasteiger partial charge in [0, 0.05) is 13.1 Å². The fourth-order valence-electron chi connectivity index (χ4n) is 8.12. The van der Waals surface area contributed by atoms with Crippen molar-refractivity contribution in [2.75, 3.05) is 81.0 Å². The molecule has 18 heteroatoms. The number of aliphatic hydroxyl groups excluding tert-OH is 4. The van der Waals surface area contributed by atoms with Gasteiger partial charge in [-0.1, -0.05) is 20.8 Å². The third-order valence-corrected chi connectivity index (χ3v) is 10.7. The van der Waals surface area contributed by atoms with Crippen LogP contribution in [0.1, 0.15) is 93.4 Å². The summed E-state index contributed by atoms with van der Waals surface area (Å²) in [6.45, 7) is 8.11. The molecule has 0 fully saturated rings. The summed E-state index contributed by atoms with van der Waals surface area (Å²) in [7, 11) is 5.58. The molecule has 0 rings (SSSR count). The molecular weight excluding hydrogens is 764 g/mol. The summed E-state index contributed by atoms with van der Waals surface area (Å²) in [4.78, 5) is 83.0. The molecule has 0 saturated carbocycles. The van der Waals surface area contributed by atoms with Gasteiger partial charge in [0.05, 0.1) is 60.4 Å². The zero-order chi connectivity index (χ0) is 45.0. The third-order valence-electron chi connectivity index (χ3n) is 10.7. The van der Waals surface area contributed by atoms with Crippen LogP contribution in [0.5, 0.6) is 0 Å². The van der Waals surface area contributed by atoms with Gasteiger partial charge in [-0.05, 0) is 86.7 Å². The maximum absolute atomic E-state index is 14.5. The first-order valence-corrected chi connectivity index (χ1v) is 19.7.